The number of fused-ring (bicyclic) bond motifs is 6. The normalized spacial score (nSPS) is 45.6. The van der Waals surface area contributed by atoms with Crippen molar-refractivity contribution in [3.05, 3.63) is 23.8 Å². The summed E-state index contributed by atoms with van der Waals surface area (Å²) in [6.07, 6.45) is 5.23. The van der Waals surface area contributed by atoms with Crippen molar-refractivity contribution in [3.63, 3.8) is 0 Å². The molecule has 0 aromatic heterocycles. The third-order valence-electron chi connectivity index (χ3n) is 9.83. The lowest BCUT2D eigenvalue weighted by atomic mass is 9.44. The van der Waals surface area contributed by atoms with Gasteiger partial charge in [0.05, 0.1) is 18.3 Å². The SMILES string of the molecule is CC(C)OC1(OC(C)C)OCC(=O)[C@]2(CC[C@H]3[C@@H]4C[C@H](C)C5=CC(=O)C=C[C@]5(C)[C@H]4C(O)C[C@@]32C)O1. The topological polar surface area (TPSA) is 91.3 Å². The predicted molar refractivity (Wildman–Crippen MR) is 133 cm³/mol. The summed E-state index contributed by atoms with van der Waals surface area (Å²) >= 11 is 0. The number of hydrogen-bond donors (Lipinski definition) is 1. The van der Waals surface area contributed by atoms with E-state index in [0.717, 1.165) is 18.4 Å². The number of aliphatic hydroxyl groups is 1. The molecule has 0 radical (unpaired) electrons. The van der Waals surface area contributed by atoms with Gasteiger partial charge in [-0.3, -0.25) is 19.1 Å². The zero-order valence-corrected chi connectivity index (χ0v) is 22.7. The van der Waals surface area contributed by atoms with E-state index in [1.807, 2.05) is 33.8 Å². The molecule has 1 spiro atoms. The maximum atomic E-state index is 13.7. The number of ether oxygens (including phenoxy) is 4. The number of carbonyl (C=O) groups excluding carboxylic acids is 2. The van der Waals surface area contributed by atoms with Crippen molar-refractivity contribution in [2.45, 2.75) is 104 Å². The van der Waals surface area contributed by atoms with E-state index in [9.17, 15) is 14.7 Å². The van der Waals surface area contributed by atoms with Gasteiger partial charge in [0.2, 0.25) is 0 Å². The lowest BCUT2D eigenvalue weighted by Crippen LogP contribution is -2.68. The van der Waals surface area contributed by atoms with Gasteiger partial charge in [-0.2, -0.15) is 0 Å². The van der Waals surface area contributed by atoms with Crippen molar-refractivity contribution in [1.82, 2.24) is 0 Å². The molecular weight excluding hydrogens is 460 g/mol. The lowest BCUT2D eigenvalue weighted by molar-refractivity contribution is -0.542. The molecule has 1 saturated heterocycles. The third kappa shape index (κ3) is 3.64. The van der Waals surface area contributed by atoms with Crippen LogP contribution in [0.4, 0.5) is 0 Å². The highest BCUT2D eigenvalue weighted by molar-refractivity contribution is 6.01. The van der Waals surface area contributed by atoms with Crippen molar-refractivity contribution < 1.29 is 33.6 Å². The molecule has 5 aliphatic rings. The van der Waals surface area contributed by atoms with Crippen LogP contribution in [0, 0.1) is 34.5 Å². The Labute approximate surface area is 214 Å². The Kier molecular flexibility index (Phi) is 6.24. The molecule has 0 bridgehead atoms. The first-order valence-corrected chi connectivity index (χ1v) is 13.6. The average Bonchev–Trinajstić information content (AvgIpc) is 3.03. The van der Waals surface area contributed by atoms with Crippen LogP contribution in [0.25, 0.3) is 0 Å². The molecule has 1 aliphatic heterocycles. The summed E-state index contributed by atoms with van der Waals surface area (Å²) in [5.74, 6) is 0.489. The van der Waals surface area contributed by atoms with Crippen LogP contribution in [-0.4, -0.2) is 53.4 Å². The number of aliphatic hydroxyl groups excluding tert-OH is 1. The molecule has 8 atom stereocenters. The van der Waals surface area contributed by atoms with Gasteiger partial charge in [0, 0.05) is 16.7 Å². The first kappa shape index (κ1) is 26.2. The molecule has 4 aliphatic carbocycles. The van der Waals surface area contributed by atoms with E-state index in [0.29, 0.717) is 12.8 Å². The standard InChI is InChI=1S/C29H42O7/c1-16(2)34-29(35-17(3)4)33-15-24(32)28(36-29)11-9-21-20-12-18(5)22-13-19(30)8-10-26(22,6)25(20)23(31)14-27(21,28)7/h8,10,13,16-18,20-21,23,25,31H,9,11-12,14-15H2,1-7H3/t18-,20-,21-,23?,25+,26-,27-,28-/m0/s1. The predicted octanol–water partition coefficient (Wildman–Crippen LogP) is 4.33. The van der Waals surface area contributed by atoms with Crippen LogP contribution in [0.2, 0.25) is 0 Å². The molecule has 4 fully saturated rings. The maximum absolute atomic E-state index is 13.7. The molecular formula is C29H42O7. The Hall–Kier alpha value is -1.38. The number of allylic oxidation sites excluding steroid dienone is 4. The van der Waals surface area contributed by atoms with Crippen molar-refractivity contribution in [1.29, 1.82) is 0 Å². The highest BCUT2D eigenvalue weighted by Gasteiger charge is 2.73. The quantitative estimate of drug-likeness (QED) is 0.572. The van der Waals surface area contributed by atoms with E-state index < -0.39 is 23.3 Å². The van der Waals surface area contributed by atoms with Crippen LogP contribution in [-0.2, 0) is 28.5 Å². The largest absolute Gasteiger partial charge is 0.414 e. The van der Waals surface area contributed by atoms with Crippen molar-refractivity contribution in [2.75, 3.05) is 6.61 Å². The molecule has 5 rings (SSSR count). The van der Waals surface area contributed by atoms with E-state index in [1.165, 1.54) is 0 Å². The van der Waals surface area contributed by atoms with Gasteiger partial charge in [0.25, 0.3) is 0 Å². The summed E-state index contributed by atoms with van der Waals surface area (Å²) in [6, 6.07) is 0. The van der Waals surface area contributed by atoms with E-state index in [4.69, 9.17) is 18.9 Å². The Bertz CT molecular complexity index is 988. The number of hydrogen-bond acceptors (Lipinski definition) is 7. The molecule has 0 amide bonds. The summed E-state index contributed by atoms with van der Waals surface area (Å²) in [6.45, 7) is 13.8. The number of rotatable bonds is 4. The summed E-state index contributed by atoms with van der Waals surface area (Å²) in [5, 5.41) is 11.8. The number of ketones is 2. The van der Waals surface area contributed by atoms with Gasteiger partial charge in [-0.05, 0) is 83.3 Å². The molecule has 1 heterocycles. The molecule has 200 valence electrons. The van der Waals surface area contributed by atoms with E-state index >= 15 is 0 Å². The summed E-state index contributed by atoms with van der Waals surface area (Å²) < 4.78 is 24.6. The van der Waals surface area contributed by atoms with Crippen LogP contribution in [0.1, 0.15) is 74.1 Å². The highest BCUT2D eigenvalue weighted by atomic mass is 17.0. The van der Waals surface area contributed by atoms with Gasteiger partial charge < -0.3 is 14.6 Å². The average molecular weight is 503 g/mol. The van der Waals surface area contributed by atoms with Gasteiger partial charge in [-0.15, -0.1) is 0 Å². The number of Topliss-reactive ketones (excluding diaryl/α,β-unsaturated/α-hetero) is 1. The fourth-order valence-corrected chi connectivity index (χ4v) is 8.65. The fourth-order valence-electron chi connectivity index (χ4n) is 8.65. The lowest BCUT2D eigenvalue weighted by Gasteiger charge is -2.62. The number of carbonyl (C=O) groups is 2. The Morgan fingerprint density at radius 1 is 1.11 bits per heavy atom. The maximum Gasteiger partial charge on any atom is 0.414 e. The van der Waals surface area contributed by atoms with Gasteiger partial charge in [0.1, 0.15) is 12.2 Å². The minimum atomic E-state index is -1.76. The first-order valence-electron chi connectivity index (χ1n) is 13.6. The van der Waals surface area contributed by atoms with Gasteiger partial charge in [0.15, 0.2) is 11.6 Å². The molecule has 0 aromatic rings. The van der Waals surface area contributed by atoms with E-state index in [2.05, 4.69) is 20.8 Å². The monoisotopic (exact) mass is 502 g/mol. The summed E-state index contributed by atoms with van der Waals surface area (Å²) in [4.78, 5) is 25.9. The summed E-state index contributed by atoms with van der Waals surface area (Å²) in [7, 11) is 0. The van der Waals surface area contributed by atoms with Gasteiger partial charge >= 0.3 is 6.16 Å². The molecule has 36 heavy (non-hydrogen) atoms. The zero-order valence-electron chi connectivity index (χ0n) is 22.7. The Morgan fingerprint density at radius 3 is 2.42 bits per heavy atom. The molecule has 1 unspecified atom stereocenters. The van der Waals surface area contributed by atoms with Gasteiger partial charge in [-0.25, -0.2) is 0 Å². The second-order valence-corrected chi connectivity index (χ2v) is 12.8. The molecule has 1 N–H and O–H groups in total. The zero-order chi connectivity index (χ0) is 26.3. The van der Waals surface area contributed by atoms with Crippen molar-refractivity contribution in [2.24, 2.45) is 34.5 Å². The second-order valence-electron chi connectivity index (χ2n) is 12.8. The van der Waals surface area contributed by atoms with Crippen LogP contribution in [0.3, 0.4) is 0 Å². The second kappa shape index (κ2) is 8.57. The van der Waals surface area contributed by atoms with Crippen LogP contribution >= 0.6 is 0 Å². The van der Waals surface area contributed by atoms with Crippen LogP contribution in [0.5, 0.6) is 0 Å². The molecule has 3 saturated carbocycles. The molecule has 7 heteroatoms. The smallest absolute Gasteiger partial charge is 0.393 e. The minimum absolute atomic E-state index is 0.0175. The van der Waals surface area contributed by atoms with Gasteiger partial charge in [-0.1, -0.05) is 32.4 Å². The van der Waals surface area contributed by atoms with Crippen LogP contribution < -0.4 is 0 Å². The first-order chi connectivity index (χ1) is 16.8. The van der Waals surface area contributed by atoms with Crippen LogP contribution in [0.15, 0.2) is 23.8 Å². The Morgan fingerprint density at radius 2 is 1.78 bits per heavy atom. The van der Waals surface area contributed by atoms with E-state index in [1.54, 1.807) is 12.2 Å². The van der Waals surface area contributed by atoms with Crippen molar-refractivity contribution >= 4 is 11.6 Å². The fraction of sp³-hybridized carbons (Fsp3) is 0.793. The summed E-state index contributed by atoms with van der Waals surface area (Å²) in [5.41, 5.74) is -1.02. The Balaban J connectivity index is 1.54. The van der Waals surface area contributed by atoms with Crippen molar-refractivity contribution in [3.8, 4) is 0 Å². The highest BCUT2D eigenvalue weighted by Crippen LogP contribution is 2.69. The third-order valence-corrected chi connectivity index (χ3v) is 9.83. The van der Waals surface area contributed by atoms with E-state index in [-0.39, 0.29) is 59.5 Å². The minimum Gasteiger partial charge on any atom is -0.393 e. The molecule has 7 nitrogen and oxygen atoms in total. The molecule has 0 aromatic carbocycles.